The summed E-state index contributed by atoms with van der Waals surface area (Å²) < 4.78 is 0. The molecule has 1 aromatic carbocycles. The van der Waals surface area contributed by atoms with Gasteiger partial charge >= 0.3 is 0 Å². The molecule has 0 aliphatic carbocycles. The minimum absolute atomic E-state index is 0.301. The number of benzene rings is 1. The van der Waals surface area contributed by atoms with E-state index in [0.717, 1.165) is 19.0 Å². The summed E-state index contributed by atoms with van der Waals surface area (Å²) in [4.78, 5) is 4.33. The molecule has 3 heteroatoms. The van der Waals surface area contributed by atoms with Gasteiger partial charge in [0.15, 0.2) is 5.96 Å². The smallest absolute Gasteiger partial charge is 0.191 e. The molecule has 0 spiro atoms. The van der Waals surface area contributed by atoms with E-state index >= 15 is 0 Å². The maximum atomic E-state index is 4.33. The predicted octanol–water partition coefficient (Wildman–Crippen LogP) is 1.60. The van der Waals surface area contributed by atoms with Crippen LogP contribution in [0.15, 0.2) is 29.3 Å². The molecule has 0 saturated carbocycles. The SMILES string of the molecule is Cc1ccccc1[C@@H](C)NC1=NCCN1. The van der Waals surface area contributed by atoms with Crippen molar-refractivity contribution in [3.8, 4) is 0 Å². The van der Waals surface area contributed by atoms with Crippen LogP contribution >= 0.6 is 0 Å². The highest BCUT2D eigenvalue weighted by molar-refractivity contribution is 5.81. The first-order chi connectivity index (χ1) is 7.27. The fourth-order valence-corrected chi connectivity index (χ4v) is 1.85. The molecule has 3 nitrogen and oxygen atoms in total. The number of hydrogen-bond acceptors (Lipinski definition) is 3. The van der Waals surface area contributed by atoms with Gasteiger partial charge in [-0.25, -0.2) is 0 Å². The van der Waals surface area contributed by atoms with Gasteiger partial charge in [-0.05, 0) is 25.0 Å². The van der Waals surface area contributed by atoms with Crippen molar-refractivity contribution in [1.82, 2.24) is 10.6 Å². The van der Waals surface area contributed by atoms with Crippen LogP contribution in [-0.2, 0) is 0 Å². The zero-order valence-electron chi connectivity index (χ0n) is 9.25. The Bertz CT molecular complexity index is 371. The lowest BCUT2D eigenvalue weighted by molar-refractivity contribution is 0.697. The Morgan fingerprint density at radius 3 is 2.87 bits per heavy atom. The average Bonchev–Trinajstić information content (AvgIpc) is 2.71. The summed E-state index contributed by atoms with van der Waals surface area (Å²) in [6.07, 6.45) is 0. The van der Waals surface area contributed by atoms with Crippen molar-refractivity contribution in [2.45, 2.75) is 19.9 Å². The van der Waals surface area contributed by atoms with Crippen molar-refractivity contribution < 1.29 is 0 Å². The lowest BCUT2D eigenvalue weighted by atomic mass is 10.0. The summed E-state index contributed by atoms with van der Waals surface area (Å²) in [7, 11) is 0. The van der Waals surface area contributed by atoms with Gasteiger partial charge in [0.2, 0.25) is 0 Å². The van der Waals surface area contributed by atoms with Gasteiger partial charge in [0.1, 0.15) is 0 Å². The van der Waals surface area contributed by atoms with E-state index in [1.165, 1.54) is 11.1 Å². The highest BCUT2D eigenvalue weighted by atomic mass is 15.2. The molecule has 1 aliphatic rings. The molecule has 0 unspecified atom stereocenters. The summed E-state index contributed by atoms with van der Waals surface area (Å²) in [5.41, 5.74) is 2.64. The molecule has 80 valence electrons. The van der Waals surface area contributed by atoms with Crippen molar-refractivity contribution in [3.05, 3.63) is 35.4 Å². The van der Waals surface area contributed by atoms with Crippen LogP contribution in [0.3, 0.4) is 0 Å². The molecule has 2 N–H and O–H groups in total. The Kier molecular flexibility index (Phi) is 2.90. The van der Waals surface area contributed by atoms with E-state index in [0.29, 0.717) is 6.04 Å². The predicted molar refractivity (Wildman–Crippen MR) is 63.0 cm³/mol. The topological polar surface area (TPSA) is 36.4 Å². The molecule has 1 aromatic rings. The maximum absolute atomic E-state index is 4.33. The van der Waals surface area contributed by atoms with Crippen molar-refractivity contribution in [2.75, 3.05) is 13.1 Å². The number of nitrogens with zero attached hydrogens (tertiary/aromatic N) is 1. The lowest BCUT2D eigenvalue weighted by Gasteiger charge is -2.17. The molecule has 0 aromatic heterocycles. The standard InChI is InChI=1S/C12H17N3/c1-9-5-3-4-6-11(9)10(2)15-12-13-7-8-14-12/h3-6,10H,7-8H2,1-2H3,(H2,13,14,15)/t10-/m1/s1. The Morgan fingerprint density at radius 2 is 2.20 bits per heavy atom. The number of aryl methyl sites for hydroxylation is 1. The minimum atomic E-state index is 0.301. The molecule has 1 aliphatic heterocycles. The van der Waals surface area contributed by atoms with Crippen LogP contribution in [0, 0.1) is 6.92 Å². The normalized spacial score (nSPS) is 16.8. The average molecular weight is 203 g/mol. The fourth-order valence-electron chi connectivity index (χ4n) is 1.85. The van der Waals surface area contributed by atoms with E-state index in [1.807, 2.05) is 0 Å². The minimum Gasteiger partial charge on any atom is -0.355 e. The van der Waals surface area contributed by atoms with Crippen molar-refractivity contribution in [1.29, 1.82) is 0 Å². The van der Waals surface area contributed by atoms with Crippen LogP contribution in [0.25, 0.3) is 0 Å². The van der Waals surface area contributed by atoms with Gasteiger partial charge in [0.25, 0.3) is 0 Å². The van der Waals surface area contributed by atoms with Crippen LogP contribution in [0.2, 0.25) is 0 Å². The largest absolute Gasteiger partial charge is 0.355 e. The number of aliphatic imine (C=N–C) groups is 1. The van der Waals surface area contributed by atoms with E-state index in [1.54, 1.807) is 0 Å². The number of nitrogens with one attached hydrogen (secondary N) is 2. The monoisotopic (exact) mass is 203 g/mol. The maximum Gasteiger partial charge on any atom is 0.191 e. The molecule has 0 amide bonds. The van der Waals surface area contributed by atoms with Gasteiger partial charge in [0.05, 0.1) is 12.6 Å². The second kappa shape index (κ2) is 4.34. The molecule has 2 rings (SSSR count). The van der Waals surface area contributed by atoms with Gasteiger partial charge in [-0.3, -0.25) is 4.99 Å². The molecule has 0 saturated heterocycles. The van der Waals surface area contributed by atoms with Gasteiger partial charge < -0.3 is 10.6 Å². The Morgan fingerprint density at radius 1 is 1.40 bits per heavy atom. The zero-order chi connectivity index (χ0) is 10.7. The lowest BCUT2D eigenvalue weighted by Crippen LogP contribution is -2.35. The molecule has 15 heavy (non-hydrogen) atoms. The van der Waals surface area contributed by atoms with Gasteiger partial charge in [-0.15, -0.1) is 0 Å². The first-order valence-electron chi connectivity index (χ1n) is 5.38. The highest BCUT2D eigenvalue weighted by Gasteiger charge is 2.11. The summed E-state index contributed by atoms with van der Waals surface area (Å²) >= 11 is 0. The van der Waals surface area contributed by atoms with Crippen LogP contribution in [0.1, 0.15) is 24.1 Å². The van der Waals surface area contributed by atoms with Crippen LogP contribution in [0.4, 0.5) is 0 Å². The van der Waals surface area contributed by atoms with Crippen LogP contribution < -0.4 is 10.6 Å². The van der Waals surface area contributed by atoms with Crippen molar-refractivity contribution in [2.24, 2.45) is 4.99 Å². The molecule has 0 fully saturated rings. The summed E-state index contributed by atoms with van der Waals surface area (Å²) in [5.74, 6) is 0.922. The molecule has 0 bridgehead atoms. The van der Waals surface area contributed by atoms with Gasteiger partial charge in [0, 0.05) is 6.54 Å². The molecule has 0 radical (unpaired) electrons. The number of hydrogen-bond donors (Lipinski definition) is 2. The van der Waals surface area contributed by atoms with E-state index in [4.69, 9.17) is 0 Å². The summed E-state index contributed by atoms with van der Waals surface area (Å²) in [5, 5.41) is 6.59. The van der Waals surface area contributed by atoms with Crippen LogP contribution in [0.5, 0.6) is 0 Å². The van der Waals surface area contributed by atoms with Gasteiger partial charge in [-0.1, -0.05) is 24.3 Å². The van der Waals surface area contributed by atoms with E-state index in [-0.39, 0.29) is 0 Å². The third-order valence-electron chi connectivity index (χ3n) is 2.68. The second-order valence-electron chi connectivity index (χ2n) is 3.88. The fraction of sp³-hybridized carbons (Fsp3) is 0.417. The van der Waals surface area contributed by atoms with Crippen molar-refractivity contribution >= 4 is 5.96 Å². The van der Waals surface area contributed by atoms with E-state index in [9.17, 15) is 0 Å². The Balaban J connectivity index is 2.07. The van der Waals surface area contributed by atoms with E-state index in [2.05, 4.69) is 53.7 Å². The zero-order valence-corrected chi connectivity index (χ0v) is 9.25. The summed E-state index contributed by atoms with van der Waals surface area (Å²) in [6, 6.07) is 8.73. The second-order valence-corrected chi connectivity index (χ2v) is 3.88. The number of guanidine groups is 1. The quantitative estimate of drug-likeness (QED) is 0.766. The van der Waals surface area contributed by atoms with Gasteiger partial charge in [-0.2, -0.15) is 0 Å². The third-order valence-corrected chi connectivity index (χ3v) is 2.68. The third kappa shape index (κ3) is 2.29. The molecule has 1 atom stereocenters. The first kappa shape index (κ1) is 10.0. The molecule has 1 heterocycles. The molecular formula is C12H17N3. The van der Waals surface area contributed by atoms with Crippen LogP contribution in [-0.4, -0.2) is 19.0 Å². The summed E-state index contributed by atoms with van der Waals surface area (Å²) in [6.45, 7) is 6.12. The van der Waals surface area contributed by atoms with E-state index < -0.39 is 0 Å². The molecular weight excluding hydrogens is 186 g/mol. The number of rotatable bonds is 2. The Labute approximate surface area is 90.6 Å². The Hall–Kier alpha value is -1.51. The first-order valence-corrected chi connectivity index (χ1v) is 5.38. The highest BCUT2D eigenvalue weighted by Crippen LogP contribution is 2.16. The van der Waals surface area contributed by atoms with Crippen molar-refractivity contribution in [3.63, 3.8) is 0 Å².